The second kappa shape index (κ2) is 9.13. The number of likely N-dealkylation sites (tertiary alicyclic amines) is 1. The molecule has 0 spiro atoms. The molecule has 8 heteroatoms. The number of nitrogens with zero attached hydrogens (tertiary/aromatic N) is 2. The number of esters is 1. The van der Waals surface area contributed by atoms with Crippen molar-refractivity contribution in [3.63, 3.8) is 0 Å². The summed E-state index contributed by atoms with van der Waals surface area (Å²) in [7, 11) is 0. The molecule has 1 saturated heterocycles. The Labute approximate surface area is 178 Å². The van der Waals surface area contributed by atoms with Crippen LogP contribution in [0.1, 0.15) is 34.7 Å². The van der Waals surface area contributed by atoms with Gasteiger partial charge in [0.25, 0.3) is 5.91 Å². The molecule has 1 aromatic carbocycles. The van der Waals surface area contributed by atoms with E-state index in [0.29, 0.717) is 37.4 Å². The van der Waals surface area contributed by atoms with E-state index in [2.05, 4.69) is 10.3 Å². The summed E-state index contributed by atoms with van der Waals surface area (Å²) in [6, 6.07) is 11.4. The maximum Gasteiger partial charge on any atom is 0.309 e. The van der Waals surface area contributed by atoms with E-state index in [1.54, 1.807) is 17.0 Å². The van der Waals surface area contributed by atoms with Crippen LogP contribution in [0, 0.1) is 12.8 Å². The second-order valence-corrected chi connectivity index (χ2v) is 8.14. The molecule has 2 aromatic heterocycles. The summed E-state index contributed by atoms with van der Waals surface area (Å²) < 4.78 is 10.6. The average Bonchev–Trinajstić information content (AvgIpc) is 3.46. The lowest BCUT2D eigenvalue weighted by molar-refractivity contribution is -0.151. The molecule has 3 aromatic rings. The Balaban J connectivity index is 1.23. The molecule has 0 atom stereocenters. The minimum absolute atomic E-state index is 0.136. The Bertz CT molecular complexity index is 990. The van der Waals surface area contributed by atoms with Gasteiger partial charge in [0.15, 0.2) is 10.9 Å². The predicted octanol–water partition coefficient (Wildman–Crippen LogP) is 4.38. The van der Waals surface area contributed by atoms with Crippen LogP contribution in [0.5, 0.6) is 0 Å². The van der Waals surface area contributed by atoms with Crippen molar-refractivity contribution in [1.29, 1.82) is 0 Å². The molecule has 30 heavy (non-hydrogen) atoms. The molecule has 0 aliphatic carbocycles. The largest absolute Gasteiger partial charge is 0.459 e. The van der Waals surface area contributed by atoms with Gasteiger partial charge in [0.2, 0.25) is 0 Å². The first-order valence-electron chi connectivity index (χ1n) is 9.86. The van der Waals surface area contributed by atoms with Crippen molar-refractivity contribution in [3.05, 3.63) is 65.1 Å². The van der Waals surface area contributed by atoms with Crippen LogP contribution in [0.25, 0.3) is 0 Å². The lowest BCUT2D eigenvalue weighted by Gasteiger charge is -2.30. The van der Waals surface area contributed by atoms with Crippen molar-refractivity contribution >= 4 is 34.0 Å². The number of aryl methyl sites for hydroxylation is 1. The Kier molecular flexibility index (Phi) is 6.13. The standard InChI is InChI=1S/C22H23N3O4S/c1-15-4-6-17(7-5-15)23-22-24-18(14-30-22)13-29-21(27)16-8-10-25(11-9-16)20(26)19-3-2-12-28-19/h2-7,12,14,16H,8-11,13H2,1H3,(H,23,24). The topological polar surface area (TPSA) is 84.7 Å². The van der Waals surface area contributed by atoms with Crippen LogP contribution in [0.4, 0.5) is 10.8 Å². The van der Waals surface area contributed by atoms with E-state index in [4.69, 9.17) is 9.15 Å². The van der Waals surface area contributed by atoms with Gasteiger partial charge >= 0.3 is 5.97 Å². The number of rotatable bonds is 6. The monoisotopic (exact) mass is 425 g/mol. The highest BCUT2D eigenvalue weighted by molar-refractivity contribution is 7.13. The Hall–Kier alpha value is -3.13. The number of anilines is 2. The molecule has 1 amide bonds. The Morgan fingerprint density at radius 1 is 1.23 bits per heavy atom. The number of thiazole rings is 1. The SMILES string of the molecule is Cc1ccc(Nc2nc(COC(=O)C3CCN(C(=O)c4ccco4)CC3)cs2)cc1. The molecule has 0 unspecified atom stereocenters. The fourth-order valence-corrected chi connectivity index (χ4v) is 4.04. The van der Waals surface area contributed by atoms with Crippen molar-refractivity contribution < 1.29 is 18.7 Å². The van der Waals surface area contributed by atoms with Gasteiger partial charge in [-0.3, -0.25) is 9.59 Å². The van der Waals surface area contributed by atoms with Gasteiger partial charge in [0.1, 0.15) is 6.61 Å². The van der Waals surface area contributed by atoms with E-state index in [0.717, 1.165) is 10.8 Å². The molecule has 3 heterocycles. The summed E-state index contributed by atoms with van der Waals surface area (Å²) in [6.07, 6.45) is 2.66. The van der Waals surface area contributed by atoms with Crippen LogP contribution in [0.3, 0.4) is 0 Å². The first kappa shape index (κ1) is 20.2. The van der Waals surface area contributed by atoms with Crippen molar-refractivity contribution in [1.82, 2.24) is 9.88 Å². The number of hydrogen-bond donors (Lipinski definition) is 1. The molecule has 0 saturated carbocycles. The molecule has 4 rings (SSSR count). The molecular formula is C22H23N3O4S. The van der Waals surface area contributed by atoms with E-state index in [1.165, 1.54) is 23.2 Å². The van der Waals surface area contributed by atoms with E-state index < -0.39 is 0 Å². The van der Waals surface area contributed by atoms with Gasteiger partial charge in [-0.2, -0.15) is 0 Å². The van der Waals surface area contributed by atoms with Gasteiger partial charge in [-0.25, -0.2) is 4.98 Å². The average molecular weight is 426 g/mol. The molecular weight excluding hydrogens is 402 g/mol. The van der Waals surface area contributed by atoms with Crippen molar-refractivity contribution in [2.45, 2.75) is 26.4 Å². The Morgan fingerprint density at radius 2 is 2.00 bits per heavy atom. The lowest BCUT2D eigenvalue weighted by Crippen LogP contribution is -2.40. The zero-order valence-electron chi connectivity index (χ0n) is 16.7. The zero-order chi connectivity index (χ0) is 20.9. The maximum absolute atomic E-state index is 12.4. The van der Waals surface area contributed by atoms with Crippen molar-refractivity contribution in [2.75, 3.05) is 18.4 Å². The third kappa shape index (κ3) is 4.88. The highest BCUT2D eigenvalue weighted by atomic mass is 32.1. The molecule has 1 aliphatic heterocycles. The first-order chi connectivity index (χ1) is 14.6. The summed E-state index contributed by atoms with van der Waals surface area (Å²) in [5, 5.41) is 5.89. The first-order valence-corrected chi connectivity index (χ1v) is 10.7. The highest BCUT2D eigenvalue weighted by Crippen LogP contribution is 2.23. The highest BCUT2D eigenvalue weighted by Gasteiger charge is 2.29. The third-order valence-corrected chi connectivity index (χ3v) is 5.87. The Morgan fingerprint density at radius 3 is 2.70 bits per heavy atom. The van der Waals surface area contributed by atoms with Gasteiger partial charge in [-0.05, 0) is 44.0 Å². The van der Waals surface area contributed by atoms with Crippen molar-refractivity contribution in [3.8, 4) is 0 Å². The van der Waals surface area contributed by atoms with Gasteiger partial charge in [-0.15, -0.1) is 11.3 Å². The lowest BCUT2D eigenvalue weighted by atomic mass is 9.97. The molecule has 1 fully saturated rings. The van der Waals surface area contributed by atoms with E-state index in [-0.39, 0.29) is 24.4 Å². The van der Waals surface area contributed by atoms with E-state index in [9.17, 15) is 9.59 Å². The quantitative estimate of drug-likeness (QED) is 0.590. The van der Waals surface area contributed by atoms with Crippen LogP contribution in [-0.2, 0) is 16.1 Å². The minimum Gasteiger partial charge on any atom is -0.459 e. The number of aromatic nitrogens is 1. The van der Waals surface area contributed by atoms with Crippen LogP contribution in [0.15, 0.2) is 52.5 Å². The van der Waals surface area contributed by atoms with Gasteiger partial charge < -0.3 is 19.4 Å². The van der Waals surface area contributed by atoms with Gasteiger partial charge in [-0.1, -0.05) is 17.7 Å². The number of carbonyl (C=O) groups is 2. The van der Waals surface area contributed by atoms with Gasteiger partial charge in [0, 0.05) is 24.2 Å². The van der Waals surface area contributed by atoms with Crippen LogP contribution >= 0.6 is 11.3 Å². The van der Waals surface area contributed by atoms with E-state index in [1.807, 2.05) is 36.6 Å². The fourth-order valence-electron chi connectivity index (χ4n) is 3.33. The number of carbonyl (C=O) groups excluding carboxylic acids is 2. The zero-order valence-corrected chi connectivity index (χ0v) is 17.5. The summed E-state index contributed by atoms with van der Waals surface area (Å²) >= 11 is 1.47. The van der Waals surface area contributed by atoms with Crippen LogP contribution in [-0.4, -0.2) is 34.8 Å². The van der Waals surface area contributed by atoms with E-state index >= 15 is 0 Å². The molecule has 0 radical (unpaired) electrons. The summed E-state index contributed by atoms with van der Waals surface area (Å²) in [4.78, 5) is 30.9. The number of ether oxygens (including phenoxy) is 1. The normalized spacial score (nSPS) is 14.5. The smallest absolute Gasteiger partial charge is 0.309 e. The molecule has 1 aliphatic rings. The number of furan rings is 1. The summed E-state index contributed by atoms with van der Waals surface area (Å²) in [5.41, 5.74) is 2.88. The maximum atomic E-state index is 12.4. The number of piperidine rings is 1. The van der Waals surface area contributed by atoms with Crippen LogP contribution in [0.2, 0.25) is 0 Å². The summed E-state index contributed by atoms with van der Waals surface area (Å²) in [5.74, 6) is -0.243. The number of hydrogen-bond acceptors (Lipinski definition) is 7. The van der Waals surface area contributed by atoms with Crippen LogP contribution < -0.4 is 5.32 Å². The number of nitrogens with one attached hydrogen (secondary N) is 1. The van der Waals surface area contributed by atoms with Crippen molar-refractivity contribution in [2.24, 2.45) is 5.92 Å². The number of amides is 1. The summed E-state index contributed by atoms with van der Waals surface area (Å²) in [6.45, 7) is 3.22. The predicted molar refractivity (Wildman–Crippen MR) is 114 cm³/mol. The second-order valence-electron chi connectivity index (χ2n) is 7.29. The van der Waals surface area contributed by atoms with Gasteiger partial charge in [0.05, 0.1) is 17.9 Å². The molecule has 1 N–H and O–H groups in total. The molecule has 156 valence electrons. The third-order valence-electron chi connectivity index (χ3n) is 5.06. The molecule has 0 bridgehead atoms. The fraction of sp³-hybridized carbons (Fsp3) is 0.318. The number of benzene rings is 1. The molecule has 7 nitrogen and oxygen atoms in total. The minimum atomic E-state index is -0.235.